The highest BCUT2D eigenvalue weighted by molar-refractivity contribution is 5.86. The lowest BCUT2D eigenvalue weighted by Crippen LogP contribution is -2.33. The third kappa shape index (κ3) is 3.41. The molecule has 0 radical (unpaired) electrons. The van der Waals surface area contributed by atoms with E-state index in [-0.39, 0.29) is 5.92 Å². The second kappa shape index (κ2) is 7.62. The molecule has 152 valence electrons. The molecule has 0 unspecified atom stereocenters. The quantitative estimate of drug-likeness (QED) is 0.552. The lowest BCUT2D eigenvalue weighted by Gasteiger charge is -2.31. The summed E-state index contributed by atoms with van der Waals surface area (Å²) in [6.07, 6.45) is 3.51. The Morgan fingerprint density at radius 2 is 1.93 bits per heavy atom. The van der Waals surface area contributed by atoms with Crippen molar-refractivity contribution in [3.8, 4) is 17.1 Å². The summed E-state index contributed by atoms with van der Waals surface area (Å²) < 4.78 is 11.0. The van der Waals surface area contributed by atoms with Crippen molar-refractivity contribution < 1.29 is 9.26 Å². The number of nitrogen functional groups attached to an aromatic ring is 1. The van der Waals surface area contributed by atoms with Crippen LogP contribution in [0.1, 0.15) is 24.7 Å². The van der Waals surface area contributed by atoms with E-state index in [1.165, 1.54) is 0 Å². The molecule has 0 atom stereocenters. The number of ether oxygens (including phenoxy) is 1. The second-order valence-corrected chi connectivity index (χ2v) is 7.39. The number of hydrogen-bond acceptors (Lipinski definition) is 8. The summed E-state index contributed by atoms with van der Waals surface area (Å²) in [5.41, 5.74) is 7.33. The number of fused-ring (bicyclic) bond motifs is 1. The van der Waals surface area contributed by atoms with Crippen molar-refractivity contribution in [2.75, 3.05) is 30.8 Å². The van der Waals surface area contributed by atoms with E-state index in [4.69, 9.17) is 20.0 Å². The zero-order valence-electron chi connectivity index (χ0n) is 16.7. The fourth-order valence-corrected chi connectivity index (χ4v) is 3.86. The molecule has 1 saturated heterocycles. The van der Waals surface area contributed by atoms with Crippen molar-refractivity contribution in [2.24, 2.45) is 0 Å². The van der Waals surface area contributed by atoms with Crippen molar-refractivity contribution in [3.63, 3.8) is 0 Å². The van der Waals surface area contributed by atoms with Crippen LogP contribution in [-0.2, 0) is 0 Å². The van der Waals surface area contributed by atoms with Gasteiger partial charge in [0.25, 0.3) is 0 Å². The Labute approximate surface area is 173 Å². The molecule has 3 aromatic heterocycles. The van der Waals surface area contributed by atoms with Gasteiger partial charge in [0, 0.05) is 36.2 Å². The Hall–Kier alpha value is -3.68. The number of rotatable bonds is 4. The van der Waals surface area contributed by atoms with E-state index in [0.29, 0.717) is 17.5 Å². The maximum atomic E-state index is 5.64. The van der Waals surface area contributed by atoms with Gasteiger partial charge in [-0.25, -0.2) is 9.97 Å². The number of benzene rings is 1. The fourth-order valence-electron chi connectivity index (χ4n) is 3.86. The first kappa shape index (κ1) is 18.4. The number of piperidine rings is 1. The highest BCUT2D eigenvalue weighted by Gasteiger charge is 2.26. The van der Waals surface area contributed by atoms with E-state index in [1.54, 1.807) is 19.4 Å². The molecule has 8 heteroatoms. The van der Waals surface area contributed by atoms with E-state index in [0.717, 1.165) is 54.0 Å². The van der Waals surface area contributed by atoms with Gasteiger partial charge in [0.2, 0.25) is 11.7 Å². The average molecular weight is 402 g/mol. The molecule has 1 aliphatic heterocycles. The number of methoxy groups -OCH3 is 1. The van der Waals surface area contributed by atoms with Crippen LogP contribution in [0, 0.1) is 0 Å². The van der Waals surface area contributed by atoms with Gasteiger partial charge in [-0.2, -0.15) is 4.98 Å². The predicted molar refractivity (Wildman–Crippen MR) is 114 cm³/mol. The Balaban J connectivity index is 1.30. The summed E-state index contributed by atoms with van der Waals surface area (Å²) in [5, 5.41) is 5.19. The zero-order valence-corrected chi connectivity index (χ0v) is 16.7. The Morgan fingerprint density at radius 1 is 1.07 bits per heavy atom. The van der Waals surface area contributed by atoms with Crippen LogP contribution in [-0.4, -0.2) is 40.3 Å². The van der Waals surface area contributed by atoms with E-state index < -0.39 is 0 Å². The van der Waals surface area contributed by atoms with Crippen molar-refractivity contribution >= 4 is 22.5 Å². The van der Waals surface area contributed by atoms with Crippen LogP contribution >= 0.6 is 0 Å². The van der Waals surface area contributed by atoms with Gasteiger partial charge in [0.15, 0.2) is 0 Å². The first-order valence-electron chi connectivity index (χ1n) is 9.95. The van der Waals surface area contributed by atoms with Crippen molar-refractivity contribution in [3.05, 3.63) is 54.6 Å². The minimum absolute atomic E-state index is 0.235. The lowest BCUT2D eigenvalue weighted by atomic mass is 9.96. The topological polar surface area (TPSA) is 103 Å². The molecule has 0 aliphatic carbocycles. The van der Waals surface area contributed by atoms with E-state index >= 15 is 0 Å². The van der Waals surface area contributed by atoms with Gasteiger partial charge in [-0.3, -0.25) is 0 Å². The molecule has 1 aromatic carbocycles. The molecule has 1 fully saturated rings. The normalized spacial score (nSPS) is 14.9. The van der Waals surface area contributed by atoms with E-state index in [9.17, 15) is 0 Å². The van der Waals surface area contributed by atoms with Crippen LogP contribution < -0.4 is 15.4 Å². The number of hydrogen-bond donors (Lipinski definition) is 1. The predicted octanol–water partition coefficient (Wildman–Crippen LogP) is 3.65. The third-order valence-electron chi connectivity index (χ3n) is 5.54. The SMILES string of the molecule is COc1cccc2ccc(N3CCC(c4nc(-c5ccc(N)nc5)no4)CC3)nc12. The zero-order chi connectivity index (χ0) is 20.5. The lowest BCUT2D eigenvalue weighted by molar-refractivity contribution is 0.329. The van der Waals surface area contributed by atoms with Gasteiger partial charge < -0.3 is 19.9 Å². The summed E-state index contributed by atoms with van der Waals surface area (Å²) in [5.74, 6) is 3.68. The fraction of sp³-hybridized carbons (Fsp3) is 0.273. The molecular formula is C22H22N6O2. The van der Waals surface area contributed by atoms with Gasteiger partial charge in [-0.1, -0.05) is 17.3 Å². The molecule has 2 N–H and O–H groups in total. The number of nitrogens with zero attached hydrogens (tertiary/aromatic N) is 5. The van der Waals surface area contributed by atoms with E-state index in [1.807, 2.05) is 24.3 Å². The molecule has 0 amide bonds. The average Bonchev–Trinajstić information content (AvgIpc) is 3.29. The standard InChI is InChI=1S/C22H22N6O2/c1-29-17-4-2-3-14-6-8-19(25-20(14)17)28-11-9-15(10-12-28)22-26-21(27-30-22)16-5-7-18(23)24-13-16/h2-8,13,15H,9-12H2,1H3,(H2,23,24). The van der Waals surface area contributed by atoms with Crippen molar-refractivity contribution in [2.45, 2.75) is 18.8 Å². The molecule has 8 nitrogen and oxygen atoms in total. The van der Waals surface area contributed by atoms with Gasteiger partial charge in [0.05, 0.1) is 7.11 Å². The maximum Gasteiger partial charge on any atom is 0.230 e. The van der Waals surface area contributed by atoms with E-state index in [2.05, 4.69) is 32.2 Å². The van der Waals surface area contributed by atoms with Crippen molar-refractivity contribution in [1.29, 1.82) is 0 Å². The van der Waals surface area contributed by atoms with Crippen LogP contribution in [0.15, 0.2) is 53.2 Å². The van der Waals surface area contributed by atoms with Crippen molar-refractivity contribution in [1.82, 2.24) is 20.1 Å². The van der Waals surface area contributed by atoms with Gasteiger partial charge in [-0.05, 0) is 43.2 Å². The molecule has 30 heavy (non-hydrogen) atoms. The molecule has 4 heterocycles. The Morgan fingerprint density at radius 3 is 2.70 bits per heavy atom. The molecule has 4 aromatic rings. The smallest absolute Gasteiger partial charge is 0.230 e. The number of aromatic nitrogens is 4. The van der Waals surface area contributed by atoms with Gasteiger partial charge >= 0.3 is 0 Å². The van der Waals surface area contributed by atoms with Crippen LogP contribution in [0.2, 0.25) is 0 Å². The van der Waals surface area contributed by atoms with Crippen LogP contribution in [0.4, 0.5) is 11.6 Å². The molecule has 0 bridgehead atoms. The highest BCUT2D eigenvalue weighted by atomic mass is 16.5. The minimum atomic E-state index is 0.235. The second-order valence-electron chi connectivity index (χ2n) is 7.39. The Bertz CT molecular complexity index is 1170. The number of pyridine rings is 2. The Kier molecular flexibility index (Phi) is 4.66. The summed E-state index contributed by atoms with van der Waals surface area (Å²) in [4.78, 5) is 15.8. The first-order valence-corrected chi connectivity index (χ1v) is 9.95. The molecular weight excluding hydrogens is 380 g/mol. The van der Waals surface area contributed by atoms with Gasteiger partial charge in [0.1, 0.15) is 22.9 Å². The molecule has 1 aliphatic rings. The monoisotopic (exact) mass is 402 g/mol. The van der Waals surface area contributed by atoms with Gasteiger partial charge in [-0.15, -0.1) is 0 Å². The number of anilines is 2. The number of para-hydroxylation sites is 1. The molecule has 5 rings (SSSR count). The maximum absolute atomic E-state index is 5.64. The largest absolute Gasteiger partial charge is 0.494 e. The third-order valence-corrected chi connectivity index (χ3v) is 5.54. The first-order chi connectivity index (χ1) is 14.7. The summed E-state index contributed by atoms with van der Waals surface area (Å²) in [7, 11) is 1.67. The summed E-state index contributed by atoms with van der Waals surface area (Å²) >= 11 is 0. The minimum Gasteiger partial charge on any atom is -0.494 e. The highest BCUT2D eigenvalue weighted by Crippen LogP contribution is 2.32. The summed E-state index contributed by atoms with van der Waals surface area (Å²) in [6, 6.07) is 13.7. The molecule has 0 saturated carbocycles. The van der Waals surface area contributed by atoms with Crippen LogP contribution in [0.3, 0.4) is 0 Å². The summed E-state index contributed by atoms with van der Waals surface area (Å²) in [6.45, 7) is 1.75. The van der Waals surface area contributed by atoms with Crippen LogP contribution in [0.5, 0.6) is 5.75 Å². The molecule has 0 spiro atoms. The van der Waals surface area contributed by atoms with Crippen LogP contribution in [0.25, 0.3) is 22.3 Å². The number of nitrogens with two attached hydrogens (primary N) is 1.